The van der Waals surface area contributed by atoms with Gasteiger partial charge >= 0.3 is 0 Å². The number of hydrogen-bond donors (Lipinski definition) is 1. The molecule has 70 valence electrons. The molecule has 0 bridgehead atoms. The largest absolute Gasteiger partial charge is 0.388 e. The normalized spacial score (nSPS) is 15.0. The standard InChI is InChI=1S/C9H15ClO2/c1-6(2)4-9(12)8(5-10)7(3)11/h5-6,9,12H,4H2,1-3H3/b8-5-. The van der Waals surface area contributed by atoms with E-state index in [1.165, 1.54) is 6.92 Å². The zero-order valence-corrected chi connectivity index (χ0v) is 8.43. The fourth-order valence-corrected chi connectivity index (χ4v) is 1.26. The quantitative estimate of drug-likeness (QED) is 0.690. The summed E-state index contributed by atoms with van der Waals surface area (Å²) in [5, 5.41) is 9.48. The summed E-state index contributed by atoms with van der Waals surface area (Å²) in [6.45, 7) is 5.36. The van der Waals surface area contributed by atoms with Gasteiger partial charge in [0.1, 0.15) is 0 Å². The molecule has 1 unspecified atom stereocenters. The molecule has 0 aliphatic carbocycles. The van der Waals surface area contributed by atoms with Crippen LogP contribution in [0.2, 0.25) is 0 Å². The van der Waals surface area contributed by atoms with E-state index in [1.807, 2.05) is 13.8 Å². The van der Waals surface area contributed by atoms with Gasteiger partial charge in [-0.25, -0.2) is 0 Å². The van der Waals surface area contributed by atoms with Gasteiger partial charge in [-0.1, -0.05) is 25.4 Å². The van der Waals surface area contributed by atoms with Crippen LogP contribution in [0.4, 0.5) is 0 Å². The predicted octanol–water partition coefficient (Wildman–Crippen LogP) is 2.11. The van der Waals surface area contributed by atoms with Crippen molar-refractivity contribution in [1.29, 1.82) is 0 Å². The van der Waals surface area contributed by atoms with Crippen LogP contribution in [0, 0.1) is 5.92 Å². The third kappa shape index (κ3) is 3.88. The van der Waals surface area contributed by atoms with Gasteiger partial charge in [0.05, 0.1) is 6.10 Å². The van der Waals surface area contributed by atoms with E-state index < -0.39 is 6.10 Å². The number of ketones is 1. The highest BCUT2D eigenvalue weighted by Gasteiger charge is 2.15. The maximum Gasteiger partial charge on any atom is 0.159 e. The Morgan fingerprint density at radius 2 is 2.08 bits per heavy atom. The van der Waals surface area contributed by atoms with Crippen molar-refractivity contribution in [2.75, 3.05) is 0 Å². The molecular weight excluding hydrogens is 176 g/mol. The summed E-state index contributed by atoms with van der Waals surface area (Å²) in [5.41, 5.74) is 1.46. The molecule has 0 aromatic heterocycles. The van der Waals surface area contributed by atoms with E-state index in [0.29, 0.717) is 17.9 Å². The molecule has 0 spiro atoms. The maximum atomic E-state index is 10.9. The second kappa shape index (κ2) is 5.33. The first-order valence-electron chi connectivity index (χ1n) is 3.98. The Morgan fingerprint density at radius 3 is 2.33 bits per heavy atom. The number of aliphatic hydroxyl groups excluding tert-OH is 1. The zero-order chi connectivity index (χ0) is 9.72. The minimum absolute atomic E-state index is 0.168. The van der Waals surface area contributed by atoms with E-state index in [0.717, 1.165) is 5.54 Å². The third-order valence-electron chi connectivity index (χ3n) is 1.58. The van der Waals surface area contributed by atoms with Crippen LogP contribution >= 0.6 is 11.6 Å². The van der Waals surface area contributed by atoms with Crippen molar-refractivity contribution in [2.24, 2.45) is 5.92 Å². The molecule has 0 rings (SSSR count). The minimum Gasteiger partial charge on any atom is -0.388 e. The molecule has 0 aromatic rings. The fourth-order valence-electron chi connectivity index (χ4n) is 0.958. The Hall–Kier alpha value is -0.340. The summed E-state index contributed by atoms with van der Waals surface area (Å²) in [5.74, 6) is 0.184. The number of hydrogen-bond acceptors (Lipinski definition) is 2. The highest BCUT2D eigenvalue weighted by Crippen LogP contribution is 2.14. The van der Waals surface area contributed by atoms with Gasteiger partial charge in [0.15, 0.2) is 5.78 Å². The lowest BCUT2D eigenvalue weighted by molar-refractivity contribution is -0.114. The first-order valence-corrected chi connectivity index (χ1v) is 4.42. The molecule has 0 aliphatic heterocycles. The summed E-state index contributed by atoms with van der Waals surface area (Å²) in [7, 11) is 0. The Labute approximate surface area is 78.2 Å². The molecule has 0 aliphatic rings. The minimum atomic E-state index is -0.722. The lowest BCUT2D eigenvalue weighted by Crippen LogP contribution is -2.17. The number of rotatable bonds is 4. The van der Waals surface area contributed by atoms with Gasteiger partial charge in [0, 0.05) is 11.1 Å². The van der Waals surface area contributed by atoms with E-state index in [9.17, 15) is 9.90 Å². The second-order valence-corrected chi connectivity index (χ2v) is 3.48. The Morgan fingerprint density at radius 1 is 1.58 bits per heavy atom. The lowest BCUT2D eigenvalue weighted by Gasteiger charge is -2.13. The van der Waals surface area contributed by atoms with Crippen LogP contribution in [0.5, 0.6) is 0 Å². The Kier molecular flexibility index (Phi) is 5.18. The monoisotopic (exact) mass is 190 g/mol. The van der Waals surface area contributed by atoms with Crippen molar-refractivity contribution in [3.05, 3.63) is 11.1 Å². The fraction of sp³-hybridized carbons (Fsp3) is 0.667. The highest BCUT2D eigenvalue weighted by atomic mass is 35.5. The van der Waals surface area contributed by atoms with Crippen molar-refractivity contribution in [3.63, 3.8) is 0 Å². The number of Topliss-reactive ketones (excluding diaryl/α,β-unsaturated/α-hetero) is 1. The van der Waals surface area contributed by atoms with Crippen molar-refractivity contribution >= 4 is 17.4 Å². The van der Waals surface area contributed by atoms with Crippen LogP contribution in [-0.2, 0) is 4.79 Å². The van der Waals surface area contributed by atoms with Gasteiger partial charge in [0.25, 0.3) is 0 Å². The SMILES string of the molecule is CC(=O)/C(=C/Cl)C(O)CC(C)C. The molecule has 0 fully saturated rings. The van der Waals surface area contributed by atoms with Crippen LogP contribution in [0.15, 0.2) is 11.1 Å². The first kappa shape index (κ1) is 11.7. The molecule has 0 radical (unpaired) electrons. The number of aliphatic hydroxyl groups is 1. The van der Waals surface area contributed by atoms with E-state index in [1.54, 1.807) is 0 Å². The Balaban J connectivity index is 4.24. The summed E-state index contributed by atoms with van der Waals surface area (Å²) < 4.78 is 0. The second-order valence-electron chi connectivity index (χ2n) is 3.27. The van der Waals surface area contributed by atoms with Crippen LogP contribution < -0.4 is 0 Å². The number of carbonyl (C=O) groups is 1. The predicted molar refractivity (Wildman–Crippen MR) is 50.1 cm³/mol. The van der Waals surface area contributed by atoms with E-state index >= 15 is 0 Å². The van der Waals surface area contributed by atoms with Crippen molar-refractivity contribution in [3.8, 4) is 0 Å². The van der Waals surface area contributed by atoms with Gasteiger partial charge in [-0.05, 0) is 19.3 Å². The average Bonchev–Trinajstić information content (AvgIpc) is 1.85. The van der Waals surface area contributed by atoms with Crippen LogP contribution in [0.3, 0.4) is 0 Å². The van der Waals surface area contributed by atoms with Crippen molar-refractivity contribution < 1.29 is 9.90 Å². The van der Waals surface area contributed by atoms with Crippen molar-refractivity contribution in [1.82, 2.24) is 0 Å². The number of halogens is 1. The van der Waals surface area contributed by atoms with E-state index in [-0.39, 0.29) is 5.78 Å². The van der Waals surface area contributed by atoms with Crippen LogP contribution in [0.1, 0.15) is 27.2 Å². The van der Waals surface area contributed by atoms with Crippen molar-refractivity contribution in [2.45, 2.75) is 33.3 Å². The first-order chi connectivity index (χ1) is 5.49. The molecule has 3 heteroatoms. The summed E-state index contributed by atoms with van der Waals surface area (Å²) in [6, 6.07) is 0. The summed E-state index contributed by atoms with van der Waals surface area (Å²) >= 11 is 5.40. The summed E-state index contributed by atoms with van der Waals surface area (Å²) in [6.07, 6.45) is -0.155. The molecule has 1 atom stereocenters. The van der Waals surface area contributed by atoms with Gasteiger partial charge in [-0.3, -0.25) is 4.79 Å². The Bertz CT molecular complexity index is 185. The topological polar surface area (TPSA) is 37.3 Å². The molecule has 12 heavy (non-hydrogen) atoms. The average molecular weight is 191 g/mol. The van der Waals surface area contributed by atoms with Gasteiger partial charge in [0.2, 0.25) is 0 Å². The lowest BCUT2D eigenvalue weighted by atomic mass is 9.99. The van der Waals surface area contributed by atoms with E-state index in [2.05, 4.69) is 0 Å². The molecule has 0 saturated heterocycles. The van der Waals surface area contributed by atoms with Crippen LogP contribution in [0.25, 0.3) is 0 Å². The van der Waals surface area contributed by atoms with Gasteiger partial charge in [-0.2, -0.15) is 0 Å². The third-order valence-corrected chi connectivity index (χ3v) is 1.81. The van der Waals surface area contributed by atoms with Crippen LogP contribution in [-0.4, -0.2) is 17.0 Å². The maximum absolute atomic E-state index is 10.9. The summed E-state index contributed by atoms with van der Waals surface area (Å²) in [4.78, 5) is 10.9. The molecule has 0 heterocycles. The molecule has 1 N–H and O–H groups in total. The van der Waals surface area contributed by atoms with E-state index in [4.69, 9.17) is 11.6 Å². The molecule has 2 nitrogen and oxygen atoms in total. The molecule has 0 saturated carbocycles. The zero-order valence-electron chi connectivity index (χ0n) is 7.67. The molecule has 0 aromatic carbocycles. The molecular formula is C9H15ClO2. The highest BCUT2D eigenvalue weighted by molar-refractivity contribution is 6.27. The number of carbonyl (C=O) groups excluding carboxylic acids is 1. The van der Waals surface area contributed by atoms with Gasteiger partial charge < -0.3 is 5.11 Å². The molecule has 0 amide bonds. The smallest absolute Gasteiger partial charge is 0.159 e. The van der Waals surface area contributed by atoms with Gasteiger partial charge in [-0.15, -0.1) is 0 Å².